The van der Waals surface area contributed by atoms with E-state index in [4.69, 9.17) is 18.3 Å². The number of hydrogen-bond acceptors (Lipinski definition) is 6. The van der Waals surface area contributed by atoms with E-state index in [1.807, 2.05) is 0 Å². The van der Waals surface area contributed by atoms with Crippen molar-refractivity contribution < 1.29 is 23.4 Å². The molecule has 0 amide bonds. The van der Waals surface area contributed by atoms with Crippen LogP contribution in [-0.2, 0) is 9.47 Å². The topological polar surface area (TPSA) is 82.0 Å². The molecule has 2 aromatic heterocycles. The maximum Gasteiger partial charge on any atom is 0.201 e. The minimum absolute atomic E-state index is 0.0838. The Balaban J connectivity index is 1.94. The summed E-state index contributed by atoms with van der Waals surface area (Å²) in [5, 5.41) is 11.1. The number of fused-ring (bicyclic) bond motifs is 1. The van der Waals surface area contributed by atoms with Crippen molar-refractivity contribution in [3.63, 3.8) is 0 Å². The van der Waals surface area contributed by atoms with Gasteiger partial charge in [0.15, 0.2) is 18.2 Å². The molecule has 0 spiro atoms. The molecule has 1 fully saturated rings. The van der Waals surface area contributed by atoms with Gasteiger partial charge in [0, 0.05) is 0 Å². The van der Waals surface area contributed by atoms with Crippen molar-refractivity contribution in [3.8, 4) is 0 Å². The maximum absolute atomic E-state index is 13.0. The first-order chi connectivity index (χ1) is 11.8. The van der Waals surface area contributed by atoms with E-state index in [1.165, 1.54) is 6.26 Å². The highest BCUT2D eigenvalue weighted by atomic mass is 16.7. The van der Waals surface area contributed by atoms with Crippen molar-refractivity contribution >= 4 is 11.0 Å². The van der Waals surface area contributed by atoms with Crippen LogP contribution in [0, 0.1) is 0 Å². The smallest absolute Gasteiger partial charge is 0.201 e. The summed E-state index contributed by atoms with van der Waals surface area (Å²) in [6, 6.07) is 10.2. The molecule has 3 heterocycles. The molecule has 0 radical (unpaired) electrons. The molecule has 1 atom stereocenters. The zero-order chi connectivity index (χ0) is 16.5. The monoisotopic (exact) mass is 328 g/mol. The van der Waals surface area contributed by atoms with Gasteiger partial charge in [0.25, 0.3) is 0 Å². The molecular formula is C18H16O6. The van der Waals surface area contributed by atoms with Crippen molar-refractivity contribution in [2.45, 2.75) is 18.8 Å². The third kappa shape index (κ3) is 2.54. The lowest BCUT2D eigenvalue weighted by Gasteiger charge is -2.25. The average molecular weight is 328 g/mol. The summed E-state index contributed by atoms with van der Waals surface area (Å²) in [5.74, 6) is 0.367. The molecule has 0 bridgehead atoms. The Morgan fingerprint density at radius 2 is 1.88 bits per heavy atom. The van der Waals surface area contributed by atoms with Crippen molar-refractivity contribution in [1.82, 2.24) is 0 Å². The summed E-state index contributed by atoms with van der Waals surface area (Å²) in [7, 11) is 0. The molecule has 0 aliphatic carbocycles. The second-order valence-corrected chi connectivity index (χ2v) is 5.55. The van der Waals surface area contributed by atoms with Crippen molar-refractivity contribution in [1.29, 1.82) is 0 Å². The summed E-state index contributed by atoms with van der Waals surface area (Å²) < 4.78 is 22.2. The van der Waals surface area contributed by atoms with Gasteiger partial charge in [0.1, 0.15) is 11.3 Å². The van der Waals surface area contributed by atoms with Crippen molar-refractivity contribution in [2.75, 3.05) is 13.2 Å². The second-order valence-electron chi connectivity index (χ2n) is 5.55. The van der Waals surface area contributed by atoms with E-state index in [0.717, 1.165) is 6.42 Å². The second kappa shape index (κ2) is 6.24. The van der Waals surface area contributed by atoms with Gasteiger partial charge in [-0.1, -0.05) is 12.1 Å². The number of rotatable bonds is 3. The fraction of sp³-hybridized carbons (Fsp3) is 0.278. The van der Waals surface area contributed by atoms with Crippen LogP contribution in [0.1, 0.15) is 35.9 Å². The van der Waals surface area contributed by atoms with Gasteiger partial charge >= 0.3 is 0 Å². The zero-order valence-corrected chi connectivity index (χ0v) is 12.8. The maximum atomic E-state index is 13.0. The molecular weight excluding hydrogens is 312 g/mol. The molecule has 1 aliphatic heterocycles. The van der Waals surface area contributed by atoms with Crippen molar-refractivity contribution in [2.24, 2.45) is 0 Å². The largest absolute Gasteiger partial charge is 0.466 e. The molecule has 0 saturated carbocycles. The Morgan fingerprint density at radius 1 is 1.08 bits per heavy atom. The molecule has 1 saturated heterocycles. The number of aliphatic hydroxyl groups excluding tert-OH is 1. The van der Waals surface area contributed by atoms with Gasteiger partial charge in [-0.15, -0.1) is 0 Å². The van der Waals surface area contributed by atoms with E-state index >= 15 is 0 Å². The van der Waals surface area contributed by atoms with Crippen LogP contribution in [0.3, 0.4) is 0 Å². The van der Waals surface area contributed by atoms with Gasteiger partial charge in [0.05, 0.1) is 30.4 Å². The summed E-state index contributed by atoms with van der Waals surface area (Å²) in [6.45, 7) is 0.959. The molecule has 24 heavy (non-hydrogen) atoms. The highest BCUT2D eigenvalue weighted by Gasteiger charge is 2.31. The van der Waals surface area contributed by atoms with E-state index in [-0.39, 0.29) is 22.5 Å². The van der Waals surface area contributed by atoms with Gasteiger partial charge < -0.3 is 23.4 Å². The van der Waals surface area contributed by atoms with E-state index < -0.39 is 12.4 Å². The lowest BCUT2D eigenvalue weighted by atomic mass is 10.0. The molecule has 124 valence electrons. The van der Waals surface area contributed by atoms with E-state index in [9.17, 15) is 9.90 Å². The summed E-state index contributed by atoms with van der Waals surface area (Å²) in [6.07, 6.45) is 0.122. The number of aliphatic hydroxyl groups is 1. The lowest BCUT2D eigenvalue weighted by Crippen LogP contribution is -2.26. The van der Waals surface area contributed by atoms with Crippen LogP contribution >= 0.6 is 0 Å². The van der Waals surface area contributed by atoms with E-state index in [2.05, 4.69) is 0 Å². The molecule has 3 aromatic rings. The number of hydrogen-bond donors (Lipinski definition) is 1. The Hall–Kier alpha value is -2.41. The molecule has 6 heteroatoms. The predicted molar refractivity (Wildman–Crippen MR) is 84.5 cm³/mol. The minimum atomic E-state index is -1.22. The third-order valence-corrected chi connectivity index (χ3v) is 3.99. The quantitative estimate of drug-likeness (QED) is 0.796. The number of ether oxygens (including phenoxy) is 2. The average Bonchev–Trinajstić information content (AvgIpc) is 3.16. The molecule has 6 nitrogen and oxygen atoms in total. The van der Waals surface area contributed by atoms with Crippen LogP contribution in [0.4, 0.5) is 0 Å². The Bertz CT molecular complexity index is 890. The van der Waals surface area contributed by atoms with Crippen LogP contribution in [0.2, 0.25) is 0 Å². The molecule has 4 rings (SSSR count). The SMILES string of the molecule is O=c1c(C2OCCCO2)c(C(O)c2ccco2)oc2ccccc12. The van der Waals surface area contributed by atoms with Crippen LogP contribution in [0.15, 0.2) is 56.3 Å². The number of furan rings is 1. The Kier molecular flexibility index (Phi) is 3.93. The first kappa shape index (κ1) is 15.1. The molecule has 1 unspecified atom stereocenters. The summed E-state index contributed by atoms with van der Waals surface area (Å²) in [4.78, 5) is 13.0. The Morgan fingerprint density at radius 3 is 2.62 bits per heavy atom. The minimum Gasteiger partial charge on any atom is -0.466 e. The normalized spacial score (nSPS) is 17.2. The zero-order valence-electron chi connectivity index (χ0n) is 12.8. The van der Waals surface area contributed by atoms with Crippen LogP contribution < -0.4 is 5.43 Å². The van der Waals surface area contributed by atoms with E-state index in [1.54, 1.807) is 36.4 Å². The summed E-state index contributed by atoms with van der Waals surface area (Å²) >= 11 is 0. The number of para-hydroxylation sites is 1. The highest BCUT2D eigenvalue weighted by molar-refractivity contribution is 5.77. The molecule has 1 aromatic carbocycles. The van der Waals surface area contributed by atoms with Gasteiger partial charge in [-0.05, 0) is 30.7 Å². The van der Waals surface area contributed by atoms with E-state index in [0.29, 0.717) is 24.2 Å². The third-order valence-electron chi connectivity index (χ3n) is 3.99. The fourth-order valence-electron chi connectivity index (χ4n) is 2.83. The molecule has 1 aliphatic rings. The first-order valence-electron chi connectivity index (χ1n) is 7.76. The number of benzene rings is 1. The van der Waals surface area contributed by atoms with Gasteiger partial charge in [-0.2, -0.15) is 0 Å². The standard InChI is InChI=1S/C18H16O6/c19-15-11-5-1-2-6-12(11)24-17(16(20)13-7-3-8-21-13)14(15)18-22-9-4-10-23-18/h1-3,5-8,16,18,20H,4,9-10H2. The molecule has 1 N–H and O–H groups in total. The van der Waals surface area contributed by atoms with Gasteiger partial charge in [-0.3, -0.25) is 4.79 Å². The summed E-state index contributed by atoms with van der Waals surface area (Å²) in [5.41, 5.74) is 0.296. The predicted octanol–water partition coefficient (Wildman–Crippen LogP) is 2.90. The Labute approximate surface area is 137 Å². The van der Waals surface area contributed by atoms with Gasteiger partial charge in [0.2, 0.25) is 5.43 Å². The lowest BCUT2D eigenvalue weighted by molar-refractivity contribution is -0.185. The first-order valence-corrected chi connectivity index (χ1v) is 7.76. The van der Waals surface area contributed by atoms with Crippen LogP contribution in [-0.4, -0.2) is 18.3 Å². The highest BCUT2D eigenvalue weighted by Crippen LogP contribution is 2.32. The van der Waals surface area contributed by atoms with Crippen LogP contribution in [0.25, 0.3) is 11.0 Å². The fourth-order valence-corrected chi connectivity index (χ4v) is 2.83. The van der Waals surface area contributed by atoms with Crippen molar-refractivity contribution in [3.05, 3.63) is 70.0 Å². The van der Waals surface area contributed by atoms with Gasteiger partial charge in [-0.25, -0.2) is 0 Å². The van der Waals surface area contributed by atoms with Crippen LogP contribution in [0.5, 0.6) is 0 Å².